The van der Waals surface area contributed by atoms with E-state index in [1.807, 2.05) is 56.3 Å². The maximum atomic E-state index is 13.4. The molecule has 1 aromatic carbocycles. The van der Waals surface area contributed by atoms with E-state index in [-0.39, 0.29) is 29.7 Å². The van der Waals surface area contributed by atoms with Crippen LogP contribution in [0.15, 0.2) is 30.3 Å². The van der Waals surface area contributed by atoms with Gasteiger partial charge in [-0.1, -0.05) is 65.7 Å². The smallest absolute Gasteiger partial charge is 0.245 e. The Balaban J connectivity index is 2.30. The number of anilines is 1. The van der Waals surface area contributed by atoms with Crippen molar-refractivity contribution in [3.8, 4) is 5.69 Å². The highest BCUT2D eigenvalue weighted by molar-refractivity contribution is 5.94. The molecule has 0 saturated heterocycles. The van der Waals surface area contributed by atoms with E-state index in [1.54, 1.807) is 9.58 Å². The summed E-state index contributed by atoms with van der Waals surface area (Å²) in [6, 6.07) is 9.92. The van der Waals surface area contributed by atoms with Gasteiger partial charge in [0.2, 0.25) is 11.8 Å². The predicted octanol–water partition coefficient (Wildman–Crippen LogP) is 5.02. The third kappa shape index (κ3) is 8.20. The number of carbonyl (C=O) groups excluding carboxylic acids is 2. The van der Waals surface area contributed by atoms with Gasteiger partial charge in [-0.2, -0.15) is 5.10 Å². The fraction of sp³-hybridized carbons (Fsp3) is 0.607. The van der Waals surface area contributed by atoms with Gasteiger partial charge in [-0.15, -0.1) is 0 Å². The number of carbonyl (C=O) groups is 2. The van der Waals surface area contributed by atoms with Gasteiger partial charge in [-0.3, -0.25) is 9.59 Å². The molecule has 0 fully saturated rings. The van der Waals surface area contributed by atoms with E-state index in [1.165, 1.54) is 0 Å². The Morgan fingerprint density at radius 3 is 2.37 bits per heavy atom. The van der Waals surface area contributed by atoms with Gasteiger partial charge in [-0.25, -0.2) is 4.68 Å². The molecule has 1 atom stereocenters. The Morgan fingerprint density at radius 1 is 1.11 bits per heavy atom. The Kier molecular flexibility index (Phi) is 10.5. The lowest BCUT2D eigenvalue weighted by atomic mass is 9.92. The topological polar surface area (TPSA) is 70.5 Å². The van der Waals surface area contributed by atoms with Gasteiger partial charge in [0.15, 0.2) is 0 Å². The number of rotatable bonds is 12. The average molecular weight is 484 g/mol. The Morgan fingerprint density at radius 2 is 1.80 bits per heavy atom. The van der Waals surface area contributed by atoms with E-state index >= 15 is 0 Å². The molecule has 1 aromatic heterocycles. The predicted molar refractivity (Wildman–Crippen MR) is 144 cm³/mol. The Hall–Kier alpha value is -2.67. The number of nitrogens with one attached hydrogen (secondary N) is 1. The molecule has 1 heterocycles. The average Bonchev–Trinajstić information content (AvgIpc) is 3.21. The number of unbranched alkanes of at least 4 members (excludes halogenated alkanes) is 1. The van der Waals surface area contributed by atoms with Crippen LogP contribution in [-0.2, 0) is 15.0 Å². The number of nitrogens with zero attached hydrogens (tertiary/aromatic N) is 4. The molecule has 7 heteroatoms. The standard InChI is InChI=1S/C28H45N5O2/c1-9-11-15-22(10-2)27(35)32(18-17-31(7)8)20-26(34)29-25-19-24(28(4,5)6)30-33(25)23-16-13-12-14-21(23)3/h12-14,16,19,22H,9-11,15,17-18,20H2,1-8H3,(H,29,34). The van der Waals surface area contributed by atoms with Crippen molar-refractivity contribution in [3.05, 3.63) is 41.6 Å². The molecule has 35 heavy (non-hydrogen) atoms. The molecule has 2 rings (SSSR count). The van der Waals surface area contributed by atoms with E-state index in [9.17, 15) is 9.59 Å². The number of aryl methyl sites for hydroxylation is 1. The highest BCUT2D eigenvalue weighted by Crippen LogP contribution is 2.27. The monoisotopic (exact) mass is 483 g/mol. The van der Waals surface area contributed by atoms with Crippen molar-refractivity contribution in [1.82, 2.24) is 19.6 Å². The van der Waals surface area contributed by atoms with Crippen LogP contribution in [0.1, 0.15) is 71.6 Å². The van der Waals surface area contributed by atoms with Crippen molar-refractivity contribution in [1.29, 1.82) is 0 Å². The van der Waals surface area contributed by atoms with Gasteiger partial charge in [0.05, 0.1) is 17.9 Å². The van der Waals surface area contributed by atoms with E-state index in [0.29, 0.717) is 18.9 Å². The highest BCUT2D eigenvalue weighted by atomic mass is 16.2. The van der Waals surface area contributed by atoms with Crippen molar-refractivity contribution in [2.45, 2.75) is 72.6 Å². The van der Waals surface area contributed by atoms with Crippen LogP contribution in [0, 0.1) is 12.8 Å². The van der Waals surface area contributed by atoms with Crippen LogP contribution in [-0.4, -0.2) is 65.1 Å². The molecule has 0 aliphatic heterocycles. The zero-order valence-electron chi connectivity index (χ0n) is 23.0. The lowest BCUT2D eigenvalue weighted by Crippen LogP contribution is -2.44. The van der Waals surface area contributed by atoms with Crippen molar-refractivity contribution >= 4 is 17.6 Å². The van der Waals surface area contributed by atoms with Crippen molar-refractivity contribution in [2.75, 3.05) is 39.0 Å². The quantitative estimate of drug-likeness (QED) is 0.460. The van der Waals surface area contributed by atoms with Crippen LogP contribution in [0.25, 0.3) is 5.69 Å². The number of hydrogen-bond acceptors (Lipinski definition) is 4. The molecule has 1 N–H and O–H groups in total. The minimum absolute atomic E-state index is 0.0269. The van der Waals surface area contributed by atoms with E-state index < -0.39 is 0 Å². The lowest BCUT2D eigenvalue weighted by molar-refractivity contribution is -0.138. The van der Waals surface area contributed by atoms with Crippen molar-refractivity contribution in [3.63, 3.8) is 0 Å². The summed E-state index contributed by atoms with van der Waals surface area (Å²) in [5.74, 6) is 0.431. The Labute approximate surface area is 211 Å². The number of para-hydroxylation sites is 1. The zero-order valence-corrected chi connectivity index (χ0v) is 23.0. The molecule has 0 saturated carbocycles. The molecule has 7 nitrogen and oxygen atoms in total. The normalized spacial score (nSPS) is 12.6. The number of amides is 2. The maximum Gasteiger partial charge on any atom is 0.245 e. The molecule has 194 valence electrons. The molecule has 0 aliphatic rings. The molecule has 0 bridgehead atoms. The molecule has 0 radical (unpaired) electrons. The lowest BCUT2D eigenvalue weighted by Gasteiger charge is -2.28. The number of aromatic nitrogens is 2. The molecule has 2 amide bonds. The summed E-state index contributed by atoms with van der Waals surface area (Å²) in [7, 11) is 3.96. The first kappa shape index (κ1) is 28.6. The Bertz CT molecular complexity index is 974. The second kappa shape index (κ2) is 12.9. The second-order valence-corrected chi connectivity index (χ2v) is 10.7. The minimum Gasteiger partial charge on any atom is -0.332 e. The molecular formula is C28H45N5O2. The van der Waals surface area contributed by atoms with E-state index in [2.05, 4.69) is 39.9 Å². The van der Waals surface area contributed by atoms with Gasteiger partial charge in [0.1, 0.15) is 5.82 Å². The first-order chi connectivity index (χ1) is 16.5. The third-order valence-electron chi connectivity index (χ3n) is 6.30. The van der Waals surface area contributed by atoms with Crippen LogP contribution in [0.5, 0.6) is 0 Å². The molecule has 2 aromatic rings. The van der Waals surface area contributed by atoms with Crippen molar-refractivity contribution < 1.29 is 9.59 Å². The van der Waals surface area contributed by atoms with Crippen LogP contribution >= 0.6 is 0 Å². The zero-order chi connectivity index (χ0) is 26.2. The van der Waals surface area contributed by atoms with Gasteiger partial charge in [0, 0.05) is 30.5 Å². The summed E-state index contributed by atoms with van der Waals surface area (Å²) in [4.78, 5) is 30.4. The molecular weight excluding hydrogens is 438 g/mol. The van der Waals surface area contributed by atoms with E-state index in [0.717, 1.165) is 42.6 Å². The minimum atomic E-state index is -0.211. The third-order valence-corrected chi connectivity index (χ3v) is 6.30. The number of benzene rings is 1. The van der Waals surface area contributed by atoms with Crippen molar-refractivity contribution in [2.24, 2.45) is 5.92 Å². The summed E-state index contributed by atoms with van der Waals surface area (Å²) in [5, 5.41) is 7.89. The summed E-state index contributed by atoms with van der Waals surface area (Å²) >= 11 is 0. The highest BCUT2D eigenvalue weighted by Gasteiger charge is 2.26. The maximum absolute atomic E-state index is 13.4. The van der Waals surface area contributed by atoms with E-state index in [4.69, 9.17) is 5.10 Å². The van der Waals surface area contributed by atoms with Crippen LogP contribution < -0.4 is 5.32 Å². The first-order valence-corrected chi connectivity index (χ1v) is 12.9. The SMILES string of the molecule is CCCCC(CC)C(=O)N(CCN(C)C)CC(=O)Nc1cc(C(C)(C)C)nn1-c1ccccc1C. The van der Waals surface area contributed by atoms with Gasteiger partial charge in [-0.05, 0) is 45.5 Å². The summed E-state index contributed by atoms with van der Waals surface area (Å²) in [6.45, 7) is 13.8. The summed E-state index contributed by atoms with van der Waals surface area (Å²) in [6.07, 6.45) is 3.72. The largest absolute Gasteiger partial charge is 0.332 e. The summed E-state index contributed by atoms with van der Waals surface area (Å²) in [5.41, 5.74) is 2.71. The second-order valence-electron chi connectivity index (χ2n) is 10.7. The van der Waals surface area contributed by atoms with Gasteiger partial charge < -0.3 is 15.1 Å². The number of likely N-dealkylation sites (N-methyl/N-ethyl adjacent to an activating group) is 1. The van der Waals surface area contributed by atoms with Gasteiger partial charge in [0.25, 0.3) is 0 Å². The van der Waals surface area contributed by atoms with Gasteiger partial charge >= 0.3 is 0 Å². The first-order valence-electron chi connectivity index (χ1n) is 12.9. The van der Waals surface area contributed by atoms with Crippen LogP contribution in [0.4, 0.5) is 5.82 Å². The summed E-state index contributed by atoms with van der Waals surface area (Å²) < 4.78 is 1.80. The van der Waals surface area contributed by atoms with Crippen LogP contribution in [0.3, 0.4) is 0 Å². The fourth-order valence-corrected chi connectivity index (χ4v) is 3.98. The van der Waals surface area contributed by atoms with Crippen LogP contribution in [0.2, 0.25) is 0 Å². The molecule has 0 aliphatic carbocycles. The number of hydrogen-bond donors (Lipinski definition) is 1. The fourth-order valence-electron chi connectivity index (χ4n) is 3.98. The molecule has 1 unspecified atom stereocenters. The molecule has 0 spiro atoms.